The van der Waals surface area contributed by atoms with Gasteiger partial charge >= 0.3 is 13.6 Å². The lowest BCUT2D eigenvalue weighted by Gasteiger charge is -2.15. The molecule has 7 nitrogen and oxygen atoms in total. The smallest absolute Gasteiger partial charge is 0.339 e. The van der Waals surface area contributed by atoms with Crippen LogP contribution >= 0.6 is 7.60 Å². The van der Waals surface area contributed by atoms with Crippen molar-refractivity contribution in [2.75, 3.05) is 6.29 Å². The summed E-state index contributed by atoms with van der Waals surface area (Å²) in [6, 6.07) is 4.08. The van der Waals surface area contributed by atoms with Crippen molar-refractivity contribution in [1.82, 2.24) is 5.32 Å². The number of carboxylic acids is 1. The van der Waals surface area contributed by atoms with E-state index in [0.29, 0.717) is 5.56 Å². The van der Waals surface area contributed by atoms with E-state index in [1.54, 1.807) is 0 Å². The third-order valence-corrected chi connectivity index (χ3v) is 2.57. The number of carbonyl (C=O) groups is 1. The maximum Gasteiger partial charge on any atom is 0.339 e. The van der Waals surface area contributed by atoms with Crippen molar-refractivity contribution in [3.63, 3.8) is 0 Å². The summed E-state index contributed by atoms with van der Waals surface area (Å²) in [5, 5.41) is 20.2. The van der Waals surface area contributed by atoms with Gasteiger partial charge in [-0.25, -0.2) is 0 Å². The van der Waals surface area contributed by atoms with Crippen molar-refractivity contribution in [2.24, 2.45) is 0 Å². The van der Waals surface area contributed by atoms with Gasteiger partial charge in [0.05, 0.1) is 6.29 Å². The van der Waals surface area contributed by atoms with Crippen LogP contribution in [-0.2, 0) is 9.36 Å². The zero-order chi connectivity index (χ0) is 13.1. The maximum atomic E-state index is 10.9. The lowest BCUT2D eigenvalue weighted by molar-refractivity contribution is -0.139. The van der Waals surface area contributed by atoms with Crippen LogP contribution in [0, 0.1) is 0 Å². The van der Waals surface area contributed by atoms with E-state index in [-0.39, 0.29) is 5.75 Å². The summed E-state index contributed by atoms with van der Waals surface area (Å²) in [4.78, 5) is 28.2. The number of aromatic hydroxyl groups is 1. The fourth-order valence-electron chi connectivity index (χ4n) is 1.22. The average molecular weight is 261 g/mol. The predicted molar refractivity (Wildman–Crippen MR) is 58.5 cm³/mol. The summed E-state index contributed by atoms with van der Waals surface area (Å²) in [5.74, 6) is -1.28. The third kappa shape index (κ3) is 4.54. The summed E-state index contributed by atoms with van der Waals surface area (Å²) in [5.41, 5.74) is 0.295. The van der Waals surface area contributed by atoms with Gasteiger partial charge in [-0.15, -0.1) is 0 Å². The third-order valence-electron chi connectivity index (χ3n) is 1.97. The molecule has 0 bridgehead atoms. The number of carboxylic acid groups (broad SMARTS) is 1. The first kappa shape index (κ1) is 13.7. The Hall–Kier alpha value is -1.40. The van der Waals surface area contributed by atoms with Gasteiger partial charge in [0.1, 0.15) is 11.8 Å². The van der Waals surface area contributed by atoms with Crippen molar-refractivity contribution < 1.29 is 29.4 Å². The van der Waals surface area contributed by atoms with Crippen molar-refractivity contribution in [3.8, 4) is 5.75 Å². The Kier molecular flexibility index (Phi) is 4.25. The van der Waals surface area contributed by atoms with Gasteiger partial charge in [0.2, 0.25) is 0 Å². The Morgan fingerprint density at radius 2 is 1.82 bits per heavy atom. The predicted octanol–water partition coefficient (Wildman–Crippen LogP) is 0.243. The Morgan fingerprint density at radius 3 is 2.24 bits per heavy atom. The molecule has 1 atom stereocenters. The number of aliphatic carboxylic acids is 1. The second-order valence-electron chi connectivity index (χ2n) is 3.39. The molecular formula is C9H12NO6P. The SMILES string of the molecule is O=C(O)C(NCP(=O)(O)O)c1ccc(O)cc1. The van der Waals surface area contributed by atoms with E-state index in [4.69, 9.17) is 20.0 Å². The van der Waals surface area contributed by atoms with Gasteiger partial charge in [-0.2, -0.15) is 0 Å². The molecule has 0 saturated carbocycles. The Bertz CT molecular complexity index is 439. The molecule has 0 aromatic heterocycles. The van der Waals surface area contributed by atoms with Gasteiger partial charge < -0.3 is 20.0 Å². The van der Waals surface area contributed by atoms with Gasteiger partial charge in [-0.05, 0) is 17.7 Å². The normalized spacial score (nSPS) is 13.3. The van der Waals surface area contributed by atoms with E-state index in [1.165, 1.54) is 24.3 Å². The van der Waals surface area contributed by atoms with Gasteiger partial charge in [0.15, 0.2) is 0 Å². The largest absolute Gasteiger partial charge is 0.508 e. The van der Waals surface area contributed by atoms with E-state index in [2.05, 4.69) is 5.32 Å². The minimum atomic E-state index is -4.31. The summed E-state index contributed by atoms with van der Waals surface area (Å²) < 4.78 is 10.6. The van der Waals surface area contributed by atoms with E-state index < -0.39 is 25.9 Å². The molecule has 1 rings (SSSR count). The number of hydrogen-bond donors (Lipinski definition) is 5. The van der Waals surface area contributed by atoms with Crippen LogP contribution in [0.5, 0.6) is 5.75 Å². The number of phenols is 1. The van der Waals surface area contributed by atoms with Gasteiger partial charge in [-0.3, -0.25) is 14.7 Å². The van der Waals surface area contributed by atoms with Crippen molar-refractivity contribution in [2.45, 2.75) is 6.04 Å². The second-order valence-corrected chi connectivity index (χ2v) is 5.04. The van der Waals surface area contributed by atoms with Crippen molar-refractivity contribution in [3.05, 3.63) is 29.8 Å². The number of benzene rings is 1. The first-order valence-corrected chi connectivity index (χ1v) is 6.39. The molecule has 0 aliphatic carbocycles. The zero-order valence-corrected chi connectivity index (χ0v) is 9.54. The highest BCUT2D eigenvalue weighted by atomic mass is 31.2. The standard InChI is InChI=1S/C9H12NO6P/c11-7-3-1-6(2-4-7)8(9(12)13)10-5-17(14,15)16/h1-4,8,10-11H,5H2,(H,12,13)(H2,14,15,16). The molecule has 0 aliphatic heterocycles. The maximum absolute atomic E-state index is 10.9. The summed E-state index contributed by atoms with van der Waals surface area (Å²) in [7, 11) is -4.31. The van der Waals surface area contributed by atoms with Crippen LogP contribution in [0.3, 0.4) is 0 Å². The molecule has 94 valence electrons. The van der Waals surface area contributed by atoms with Crippen LogP contribution in [0.4, 0.5) is 0 Å². The summed E-state index contributed by atoms with van der Waals surface area (Å²) in [6.45, 7) is 0. The lowest BCUT2D eigenvalue weighted by Crippen LogP contribution is -2.29. The zero-order valence-electron chi connectivity index (χ0n) is 8.65. The molecule has 0 amide bonds. The van der Waals surface area contributed by atoms with E-state index >= 15 is 0 Å². The molecule has 5 N–H and O–H groups in total. The molecule has 1 aromatic rings. The summed E-state index contributed by atoms with van der Waals surface area (Å²) >= 11 is 0. The van der Waals surface area contributed by atoms with Crippen LogP contribution in [0.2, 0.25) is 0 Å². The van der Waals surface area contributed by atoms with Crippen LogP contribution in [0.1, 0.15) is 11.6 Å². The van der Waals surface area contributed by atoms with E-state index in [1.807, 2.05) is 0 Å². The van der Waals surface area contributed by atoms with Crippen LogP contribution in [0.15, 0.2) is 24.3 Å². The topological polar surface area (TPSA) is 127 Å². The number of phenolic OH excluding ortho intramolecular Hbond substituents is 1. The summed E-state index contributed by atoms with van der Waals surface area (Å²) in [6.07, 6.45) is -0.731. The molecule has 0 saturated heterocycles. The first-order valence-electron chi connectivity index (χ1n) is 4.59. The van der Waals surface area contributed by atoms with E-state index in [0.717, 1.165) is 0 Å². The Labute approximate surface area is 96.9 Å². The minimum Gasteiger partial charge on any atom is -0.508 e. The van der Waals surface area contributed by atoms with Crippen LogP contribution < -0.4 is 5.32 Å². The quantitative estimate of drug-likeness (QED) is 0.480. The Morgan fingerprint density at radius 1 is 1.29 bits per heavy atom. The highest BCUT2D eigenvalue weighted by Gasteiger charge is 2.23. The molecule has 1 unspecified atom stereocenters. The first-order chi connectivity index (χ1) is 7.79. The molecule has 8 heteroatoms. The van der Waals surface area contributed by atoms with Crippen molar-refractivity contribution in [1.29, 1.82) is 0 Å². The molecular weight excluding hydrogens is 249 g/mol. The van der Waals surface area contributed by atoms with Crippen LogP contribution in [0.25, 0.3) is 0 Å². The fourth-order valence-corrected chi connectivity index (χ4v) is 1.65. The molecule has 17 heavy (non-hydrogen) atoms. The Balaban J connectivity index is 2.83. The highest BCUT2D eigenvalue weighted by Crippen LogP contribution is 2.33. The monoisotopic (exact) mass is 261 g/mol. The van der Waals surface area contributed by atoms with Gasteiger partial charge in [0.25, 0.3) is 0 Å². The minimum absolute atomic E-state index is 0.0205. The molecule has 0 fully saturated rings. The molecule has 0 aliphatic rings. The highest BCUT2D eigenvalue weighted by molar-refractivity contribution is 7.51. The van der Waals surface area contributed by atoms with Crippen LogP contribution in [-0.4, -0.2) is 32.3 Å². The van der Waals surface area contributed by atoms with E-state index in [9.17, 15) is 9.36 Å². The second kappa shape index (κ2) is 5.29. The number of nitrogens with one attached hydrogen (secondary N) is 1. The average Bonchev–Trinajstić information content (AvgIpc) is 2.18. The lowest BCUT2D eigenvalue weighted by atomic mass is 10.1. The van der Waals surface area contributed by atoms with Crippen molar-refractivity contribution >= 4 is 13.6 Å². The van der Waals surface area contributed by atoms with Gasteiger partial charge in [-0.1, -0.05) is 12.1 Å². The molecule has 0 radical (unpaired) electrons. The fraction of sp³-hybridized carbons (Fsp3) is 0.222. The molecule has 0 heterocycles. The number of hydrogen-bond acceptors (Lipinski definition) is 4. The number of rotatable bonds is 5. The molecule has 0 spiro atoms. The molecule has 1 aromatic carbocycles. The van der Waals surface area contributed by atoms with Gasteiger partial charge in [0, 0.05) is 0 Å².